The molecule has 16 nitrogen and oxygen atoms in total. The van der Waals surface area contributed by atoms with E-state index in [9.17, 15) is 43.5 Å². The minimum Gasteiger partial charge on any atom is -0.463 e. The third kappa shape index (κ3) is 81.2. The monoisotopic (exact) mass is 1530 g/mol. The minimum atomic E-state index is -4.97. The van der Waals surface area contributed by atoms with Crippen molar-refractivity contribution in [1.29, 1.82) is 0 Å². The fourth-order valence-electron chi connectivity index (χ4n) is 10.1. The lowest BCUT2D eigenvalue weighted by molar-refractivity contribution is -0.161. The number of rotatable bonds is 75. The quantitative estimate of drug-likeness (QED) is 0.0146. The molecular weight excluding hydrogens is 1390 g/mol. The smallest absolute Gasteiger partial charge is 0.463 e. The first-order valence-corrected chi connectivity index (χ1v) is 43.7. The number of hydrogen-bond donors (Lipinski definition) is 4. The van der Waals surface area contributed by atoms with E-state index in [0.29, 0.717) is 25.7 Å². The number of esters is 3. The fourth-order valence-corrected chi connectivity index (χ4v) is 11.7. The standard InChI is InChI=1S/C89H144O16P2/c1-4-7-10-13-16-19-22-25-28-31-34-37-38-39-40-41-42-43-44-47-49-51-54-57-60-63-66-69-72-75-87(92)99-78-84(90)79-101-106(95,96)102-80-85(91)81-103-107(97,98)104-83-86(105-89(94)77-74-71-68-65-62-59-56-53-50-46-36-33-30-27-24-21-18-15-12-9-6-3)82-100-88(93)76-73-70-67-64-61-58-55-52-48-45-35-32-29-26-23-20-17-14-11-8-5-2/h8-9,11-12,16-21,25-30,34-37,39-40,45-46,52-53,55-56,61-62,64-65,84-86,90-91H,4-7,10,13-15,22-24,31-33,38,41-44,47-51,54,57-60,63,66-83H2,1-3H3,(H,95,96)(H,97,98)/b11-8-,12-9-,19-16-,20-17-,21-18-,28-25-,29-26-,30-27-,37-34-,40-39-,45-35-,46-36-,55-52-,56-53-,64-61-,65-62-. The van der Waals surface area contributed by atoms with Crippen LogP contribution < -0.4 is 0 Å². The summed E-state index contributed by atoms with van der Waals surface area (Å²) in [5.74, 6) is -1.69. The number of carbonyl (C=O) groups is 3. The number of carbonyl (C=O) groups excluding carboxylic acids is 3. The van der Waals surface area contributed by atoms with E-state index in [2.05, 4.69) is 215 Å². The molecule has 107 heavy (non-hydrogen) atoms. The van der Waals surface area contributed by atoms with E-state index in [0.717, 1.165) is 141 Å². The number of phosphoric ester groups is 2. The van der Waals surface area contributed by atoms with Gasteiger partial charge < -0.3 is 34.2 Å². The van der Waals surface area contributed by atoms with Crippen LogP contribution >= 0.6 is 15.6 Å². The predicted octanol–water partition coefficient (Wildman–Crippen LogP) is 24.3. The maximum atomic E-state index is 13.0. The van der Waals surface area contributed by atoms with Gasteiger partial charge in [-0.25, -0.2) is 9.13 Å². The molecule has 18 heteroatoms. The van der Waals surface area contributed by atoms with E-state index in [-0.39, 0.29) is 19.3 Å². The molecule has 0 aromatic carbocycles. The minimum absolute atomic E-state index is 0.0309. The molecule has 5 atom stereocenters. The van der Waals surface area contributed by atoms with Crippen LogP contribution in [0.15, 0.2) is 194 Å². The summed E-state index contributed by atoms with van der Waals surface area (Å²) >= 11 is 0. The van der Waals surface area contributed by atoms with E-state index in [4.69, 9.17) is 32.3 Å². The molecule has 0 aliphatic rings. The molecule has 4 N–H and O–H groups in total. The van der Waals surface area contributed by atoms with E-state index >= 15 is 0 Å². The van der Waals surface area contributed by atoms with Crippen molar-refractivity contribution < 1.29 is 75.8 Å². The number of hydrogen-bond acceptors (Lipinski definition) is 14. The third-order valence-corrected chi connectivity index (χ3v) is 18.2. The van der Waals surface area contributed by atoms with Crippen molar-refractivity contribution in [2.75, 3.05) is 39.6 Å². The summed E-state index contributed by atoms with van der Waals surface area (Å²) in [5, 5.41) is 20.7. The molecule has 0 aromatic heterocycles. The Morgan fingerprint density at radius 1 is 0.271 bits per heavy atom. The lowest BCUT2D eigenvalue weighted by atomic mass is 10.0. The second-order valence-corrected chi connectivity index (χ2v) is 29.4. The molecule has 0 aromatic rings. The van der Waals surface area contributed by atoms with Gasteiger partial charge in [-0.15, -0.1) is 0 Å². The molecule has 0 amide bonds. The molecule has 0 radical (unpaired) electrons. The average Bonchev–Trinajstić information content (AvgIpc) is 0.929. The van der Waals surface area contributed by atoms with Crippen LogP contribution in [0.2, 0.25) is 0 Å². The normalized spacial score (nSPS) is 14.9. The van der Waals surface area contributed by atoms with E-state index in [1.54, 1.807) is 0 Å². The SMILES string of the molecule is CC/C=C\C/C=C\C/C=C\C/C=C\C/C=C\C/C=C\CCCCC(=O)OCC(COP(=O)(O)OCC(O)COP(=O)(O)OCC(O)COC(=O)CCCCCCCCCCCCCCC/C=C\C/C=C\C/C=C\C/C=C\CCCCC)OC(=O)CCCC/C=C\C/C=C\C/C=C\C/C=C\C/C=C\C/C=C\CC. The zero-order chi connectivity index (χ0) is 78.0. The summed E-state index contributed by atoms with van der Waals surface area (Å²) in [5.41, 5.74) is 0. The number of phosphoric acid groups is 2. The Morgan fingerprint density at radius 2 is 0.495 bits per heavy atom. The van der Waals surface area contributed by atoms with Gasteiger partial charge in [0.15, 0.2) is 6.10 Å². The second-order valence-electron chi connectivity index (χ2n) is 26.5. The number of allylic oxidation sites excluding steroid dienone is 32. The van der Waals surface area contributed by atoms with Gasteiger partial charge in [-0.05, 0) is 167 Å². The predicted molar refractivity (Wildman–Crippen MR) is 444 cm³/mol. The van der Waals surface area contributed by atoms with Crippen LogP contribution in [0.1, 0.15) is 290 Å². The summed E-state index contributed by atoms with van der Waals surface area (Å²) in [6, 6.07) is 0. The Hall–Kier alpha value is -5.61. The van der Waals surface area contributed by atoms with Gasteiger partial charge in [0.1, 0.15) is 25.4 Å². The van der Waals surface area contributed by atoms with Crippen molar-refractivity contribution in [2.45, 2.75) is 309 Å². The Kier molecular flexibility index (Phi) is 75.7. The zero-order valence-electron chi connectivity index (χ0n) is 66.2. The Bertz CT molecular complexity index is 2720. The molecule has 0 saturated carbocycles. The van der Waals surface area contributed by atoms with Gasteiger partial charge in [0.05, 0.1) is 26.4 Å². The number of aliphatic hydroxyl groups is 2. The highest BCUT2D eigenvalue weighted by Gasteiger charge is 2.29. The molecule has 0 rings (SSSR count). The van der Waals surface area contributed by atoms with Gasteiger partial charge in [0, 0.05) is 19.3 Å². The summed E-state index contributed by atoms with van der Waals surface area (Å²) in [4.78, 5) is 58.7. The third-order valence-electron chi connectivity index (χ3n) is 16.3. The zero-order valence-corrected chi connectivity index (χ0v) is 68.0. The summed E-state index contributed by atoms with van der Waals surface area (Å²) in [6.07, 6.45) is 105. The molecule has 0 fully saturated rings. The number of ether oxygens (including phenoxy) is 3. The Balaban J connectivity index is 4.70. The number of aliphatic hydroxyl groups excluding tert-OH is 2. The van der Waals surface area contributed by atoms with Gasteiger partial charge in [0.2, 0.25) is 0 Å². The summed E-state index contributed by atoms with van der Waals surface area (Å²) in [7, 11) is -9.84. The van der Waals surface area contributed by atoms with Gasteiger partial charge in [0.25, 0.3) is 0 Å². The largest absolute Gasteiger partial charge is 0.472 e. The van der Waals surface area contributed by atoms with E-state index in [1.165, 1.54) is 83.5 Å². The molecular formula is C89H144O16P2. The number of unbranched alkanes of at least 4 members (excludes halogenated alkanes) is 20. The van der Waals surface area contributed by atoms with E-state index in [1.807, 2.05) is 0 Å². The average molecular weight is 1530 g/mol. The second kappa shape index (κ2) is 79.9. The van der Waals surface area contributed by atoms with E-state index < -0.39 is 91.5 Å². The van der Waals surface area contributed by atoms with Crippen LogP contribution in [0.5, 0.6) is 0 Å². The first-order chi connectivity index (χ1) is 52.2. The van der Waals surface area contributed by atoms with Crippen molar-refractivity contribution in [2.24, 2.45) is 0 Å². The molecule has 0 saturated heterocycles. The maximum absolute atomic E-state index is 13.0. The Labute approximate surface area is 648 Å². The van der Waals surface area contributed by atoms with Crippen molar-refractivity contribution in [3.8, 4) is 0 Å². The van der Waals surface area contributed by atoms with Crippen LogP contribution in [-0.4, -0.2) is 95.9 Å². The highest BCUT2D eigenvalue weighted by molar-refractivity contribution is 7.47. The highest BCUT2D eigenvalue weighted by atomic mass is 31.2. The van der Waals surface area contributed by atoms with Gasteiger partial charge in [-0.2, -0.15) is 0 Å². The maximum Gasteiger partial charge on any atom is 0.472 e. The summed E-state index contributed by atoms with van der Waals surface area (Å²) in [6.45, 7) is 2.30. The topological polar surface area (TPSA) is 231 Å². The van der Waals surface area contributed by atoms with Crippen molar-refractivity contribution in [1.82, 2.24) is 0 Å². The van der Waals surface area contributed by atoms with Crippen LogP contribution in [0.25, 0.3) is 0 Å². The van der Waals surface area contributed by atoms with Crippen LogP contribution in [-0.2, 0) is 55.8 Å². The van der Waals surface area contributed by atoms with Crippen molar-refractivity contribution in [3.63, 3.8) is 0 Å². The lowest BCUT2D eigenvalue weighted by Crippen LogP contribution is -2.30. The van der Waals surface area contributed by atoms with Crippen molar-refractivity contribution >= 4 is 33.6 Å². The first kappa shape index (κ1) is 101. The molecule has 606 valence electrons. The van der Waals surface area contributed by atoms with Gasteiger partial charge >= 0.3 is 33.6 Å². The molecule has 0 bridgehead atoms. The molecule has 0 aliphatic carbocycles. The van der Waals surface area contributed by atoms with Crippen molar-refractivity contribution in [3.05, 3.63) is 194 Å². The lowest BCUT2D eigenvalue weighted by Gasteiger charge is -2.21. The molecule has 5 unspecified atom stereocenters. The van der Waals surface area contributed by atoms with Crippen LogP contribution in [0, 0.1) is 0 Å². The molecule has 0 heterocycles. The summed E-state index contributed by atoms with van der Waals surface area (Å²) < 4.78 is 61.1. The molecule has 0 aliphatic heterocycles. The van der Waals surface area contributed by atoms with Gasteiger partial charge in [-0.1, -0.05) is 299 Å². The van der Waals surface area contributed by atoms with Crippen LogP contribution in [0.3, 0.4) is 0 Å². The Morgan fingerprint density at radius 3 is 0.804 bits per heavy atom. The first-order valence-electron chi connectivity index (χ1n) is 40.7. The fraction of sp³-hybridized carbons (Fsp3) is 0.607. The van der Waals surface area contributed by atoms with Crippen LogP contribution in [0.4, 0.5) is 0 Å². The molecule has 0 spiro atoms. The highest BCUT2D eigenvalue weighted by Crippen LogP contribution is 2.45. The van der Waals surface area contributed by atoms with Gasteiger partial charge in [-0.3, -0.25) is 32.5 Å².